The second-order valence-corrected chi connectivity index (χ2v) is 4.80. The first-order chi connectivity index (χ1) is 8.08. The fourth-order valence-corrected chi connectivity index (χ4v) is 2.38. The van der Waals surface area contributed by atoms with Crippen LogP contribution in [-0.4, -0.2) is 19.0 Å². The molecular formula is C14H17FO2. The maximum absolute atomic E-state index is 13.8. The summed E-state index contributed by atoms with van der Waals surface area (Å²) in [5, 5.41) is 0. The molecule has 0 bridgehead atoms. The average molecular weight is 236 g/mol. The van der Waals surface area contributed by atoms with E-state index in [2.05, 4.69) is 0 Å². The van der Waals surface area contributed by atoms with Crippen molar-refractivity contribution in [1.29, 1.82) is 0 Å². The van der Waals surface area contributed by atoms with E-state index in [1.54, 1.807) is 6.92 Å². The van der Waals surface area contributed by atoms with Crippen molar-refractivity contribution in [3.05, 3.63) is 34.6 Å². The zero-order valence-corrected chi connectivity index (χ0v) is 10.3. The normalized spacial score (nSPS) is 19.6. The molecule has 1 heterocycles. The molecule has 0 amide bonds. The van der Waals surface area contributed by atoms with Crippen LogP contribution in [-0.2, 0) is 4.74 Å². The van der Waals surface area contributed by atoms with Crippen molar-refractivity contribution >= 4 is 5.78 Å². The van der Waals surface area contributed by atoms with Crippen LogP contribution in [0.4, 0.5) is 4.39 Å². The molecule has 1 atom stereocenters. The van der Waals surface area contributed by atoms with Gasteiger partial charge in [0.15, 0.2) is 5.78 Å². The molecule has 1 aromatic carbocycles. The zero-order chi connectivity index (χ0) is 12.4. The van der Waals surface area contributed by atoms with Gasteiger partial charge in [0.05, 0.1) is 5.56 Å². The molecule has 0 saturated carbocycles. The van der Waals surface area contributed by atoms with E-state index in [1.807, 2.05) is 13.0 Å². The number of hydrogen-bond acceptors (Lipinski definition) is 2. The molecule has 1 aliphatic rings. The van der Waals surface area contributed by atoms with Gasteiger partial charge < -0.3 is 4.74 Å². The highest BCUT2D eigenvalue weighted by Crippen LogP contribution is 2.23. The van der Waals surface area contributed by atoms with Gasteiger partial charge in [-0.05, 0) is 43.4 Å². The van der Waals surface area contributed by atoms with Crippen molar-refractivity contribution in [2.24, 2.45) is 5.92 Å². The van der Waals surface area contributed by atoms with Gasteiger partial charge in [-0.1, -0.05) is 6.07 Å². The summed E-state index contributed by atoms with van der Waals surface area (Å²) in [5.74, 6) is -0.246. The minimum atomic E-state index is -0.397. The Balaban J connectivity index is 2.18. The number of halogens is 1. The Labute approximate surface area is 101 Å². The van der Waals surface area contributed by atoms with E-state index in [0.717, 1.165) is 17.5 Å². The van der Waals surface area contributed by atoms with Gasteiger partial charge in [-0.15, -0.1) is 0 Å². The number of benzene rings is 1. The quantitative estimate of drug-likeness (QED) is 0.754. The largest absolute Gasteiger partial charge is 0.381 e. The monoisotopic (exact) mass is 236 g/mol. The van der Waals surface area contributed by atoms with Crippen LogP contribution in [0.15, 0.2) is 12.1 Å². The van der Waals surface area contributed by atoms with Crippen LogP contribution < -0.4 is 0 Å². The number of rotatable bonds is 3. The first-order valence-electron chi connectivity index (χ1n) is 5.95. The summed E-state index contributed by atoms with van der Waals surface area (Å²) in [6.07, 6.45) is 1.29. The molecule has 1 saturated heterocycles. The molecule has 0 spiro atoms. The second-order valence-electron chi connectivity index (χ2n) is 4.80. The Bertz CT molecular complexity index is 411. The zero-order valence-electron chi connectivity index (χ0n) is 10.3. The van der Waals surface area contributed by atoms with Crippen molar-refractivity contribution < 1.29 is 13.9 Å². The number of carbonyl (C=O) groups is 1. The summed E-state index contributed by atoms with van der Waals surface area (Å²) in [6, 6.07) is 3.27. The standard InChI is InChI=1S/C14H17FO2/c1-9-5-10(2)14(12(15)6-9)13(16)7-11-3-4-17-8-11/h5-6,11H,3-4,7-8H2,1-2H3. The highest BCUT2D eigenvalue weighted by molar-refractivity contribution is 5.97. The molecule has 92 valence electrons. The lowest BCUT2D eigenvalue weighted by Gasteiger charge is -2.10. The first-order valence-corrected chi connectivity index (χ1v) is 5.95. The molecule has 1 fully saturated rings. The van der Waals surface area contributed by atoms with Gasteiger partial charge in [-0.25, -0.2) is 4.39 Å². The Hall–Kier alpha value is -1.22. The number of carbonyl (C=O) groups excluding carboxylic acids is 1. The maximum Gasteiger partial charge on any atom is 0.166 e. The number of hydrogen-bond donors (Lipinski definition) is 0. The molecule has 17 heavy (non-hydrogen) atoms. The summed E-state index contributed by atoms with van der Waals surface area (Å²) < 4.78 is 19.0. The topological polar surface area (TPSA) is 26.3 Å². The van der Waals surface area contributed by atoms with E-state index in [-0.39, 0.29) is 17.3 Å². The third-order valence-corrected chi connectivity index (χ3v) is 3.21. The number of ketones is 1. The van der Waals surface area contributed by atoms with Crippen molar-refractivity contribution in [3.63, 3.8) is 0 Å². The number of Topliss-reactive ketones (excluding diaryl/α,β-unsaturated/α-hetero) is 1. The van der Waals surface area contributed by atoms with Crippen molar-refractivity contribution in [2.75, 3.05) is 13.2 Å². The Morgan fingerprint density at radius 2 is 2.24 bits per heavy atom. The van der Waals surface area contributed by atoms with Crippen LogP contribution in [0.1, 0.15) is 34.3 Å². The molecule has 2 nitrogen and oxygen atoms in total. The third kappa shape index (κ3) is 2.72. The fourth-order valence-electron chi connectivity index (χ4n) is 2.38. The van der Waals surface area contributed by atoms with Crippen molar-refractivity contribution in [1.82, 2.24) is 0 Å². The SMILES string of the molecule is Cc1cc(C)c(C(=O)CC2CCOC2)c(F)c1. The molecule has 2 rings (SSSR count). The molecule has 1 aliphatic heterocycles. The van der Waals surface area contributed by atoms with Crippen LogP contribution in [0.3, 0.4) is 0 Å². The van der Waals surface area contributed by atoms with E-state index in [0.29, 0.717) is 19.6 Å². The molecule has 1 unspecified atom stereocenters. The van der Waals surface area contributed by atoms with Crippen LogP contribution >= 0.6 is 0 Å². The van der Waals surface area contributed by atoms with Gasteiger partial charge in [0.1, 0.15) is 5.82 Å². The Kier molecular flexibility index (Phi) is 3.57. The van der Waals surface area contributed by atoms with Gasteiger partial charge in [-0.2, -0.15) is 0 Å². The van der Waals surface area contributed by atoms with E-state index in [1.165, 1.54) is 6.07 Å². The molecule has 3 heteroatoms. The van der Waals surface area contributed by atoms with Gasteiger partial charge in [-0.3, -0.25) is 4.79 Å². The summed E-state index contributed by atoms with van der Waals surface area (Å²) in [5.41, 5.74) is 1.83. The molecule has 0 aromatic heterocycles. The van der Waals surface area contributed by atoms with Crippen molar-refractivity contribution in [2.45, 2.75) is 26.7 Å². The molecule has 0 radical (unpaired) electrons. The average Bonchev–Trinajstić information content (AvgIpc) is 2.68. The van der Waals surface area contributed by atoms with Gasteiger partial charge in [0.2, 0.25) is 0 Å². The highest BCUT2D eigenvalue weighted by Gasteiger charge is 2.22. The summed E-state index contributed by atoms with van der Waals surface area (Å²) >= 11 is 0. The molecule has 0 aliphatic carbocycles. The van der Waals surface area contributed by atoms with Crippen LogP contribution in [0.2, 0.25) is 0 Å². The predicted molar refractivity (Wildman–Crippen MR) is 63.7 cm³/mol. The minimum absolute atomic E-state index is 0.101. The minimum Gasteiger partial charge on any atom is -0.381 e. The van der Waals surface area contributed by atoms with Crippen LogP contribution in [0.25, 0.3) is 0 Å². The van der Waals surface area contributed by atoms with Crippen LogP contribution in [0, 0.1) is 25.6 Å². The highest BCUT2D eigenvalue weighted by atomic mass is 19.1. The summed E-state index contributed by atoms with van der Waals surface area (Å²) in [4.78, 5) is 12.1. The lowest BCUT2D eigenvalue weighted by atomic mass is 9.94. The summed E-state index contributed by atoms with van der Waals surface area (Å²) in [7, 11) is 0. The first kappa shape index (κ1) is 12.2. The van der Waals surface area contributed by atoms with E-state index >= 15 is 0 Å². The molecule has 0 N–H and O–H groups in total. The fraction of sp³-hybridized carbons (Fsp3) is 0.500. The number of ether oxygens (including phenoxy) is 1. The van der Waals surface area contributed by atoms with Gasteiger partial charge in [0.25, 0.3) is 0 Å². The number of aryl methyl sites for hydroxylation is 2. The van der Waals surface area contributed by atoms with E-state index < -0.39 is 5.82 Å². The Morgan fingerprint density at radius 3 is 2.82 bits per heavy atom. The lowest BCUT2D eigenvalue weighted by molar-refractivity contribution is 0.0948. The van der Waals surface area contributed by atoms with Gasteiger partial charge >= 0.3 is 0 Å². The lowest BCUT2D eigenvalue weighted by Crippen LogP contribution is -2.12. The maximum atomic E-state index is 13.8. The molecular weight excluding hydrogens is 219 g/mol. The van der Waals surface area contributed by atoms with E-state index in [4.69, 9.17) is 4.74 Å². The second kappa shape index (κ2) is 4.96. The van der Waals surface area contributed by atoms with Gasteiger partial charge in [0, 0.05) is 19.6 Å². The Morgan fingerprint density at radius 1 is 1.47 bits per heavy atom. The molecule has 1 aromatic rings. The third-order valence-electron chi connectivity index (χ3n) is 3.21. The summed E-state index contributed by atoms with van der Waals surface area (Å²) in [6.45, 7) is 4.95. The smallest absolute Gasteiger partial charge is 0.166 e. The van der Waals surface area contributed by atoms with E-state index in [9.17, 15) is 9.18 Å². The van der Waals surface area contributed by atoms with Crippen molar-refractivity contribution in [3.8, 4) is 0 Å². The van der Waals surface area contributed by atoms with Crippen LogP contribution in [0.5, 0.6) is 0 Å². The predicted octanol–water partition coefficient (Wildman–Crippen LogP) is 3.05.